The van der Waals surface area contributed by atoms with E-state index in [1.165, 1.54) is 0 Å². The summed E-state index contributed by atoms with van der Waals surface area (Å²) in [5.41, 5.74) is 0. The monoisotopic (exact) mass is 176 g/mol. The average molecular weight is 176 g/mol. The highest BCUT2D eigenvalue weighted by Crippen LogP contribution is 1.96. The number of hydrogen-bond donors (Lipinski definition) is 1. The van der Waals surface area contributed by atoms with E-state index in [0.717, 1.165) is 6.54 Å². The summed E-state index contributed by atoms with van der Waals surface area (Å²) in [5, 5.41) is 11.1. The Bertz CT molecular complexity index is 119. The summed E-state index contributed by atoms with van der Waals surface area (Å²) in [6, 6.07) is 0. The fraction of sp³-hybridized carbons (Fsp3) is 0.857. The van der Waals surface area contributed by atoms with E-state index in [1.54, 1.807) is 10.3 Å². The minimum absolute atomic E-state index is 0.529. The molecule has 1 unspecified atom stereocenters. The van der Waals surface area contributed by atoms with Gasteiger partial charge in [-0.2, -0.15) is 0 Å². The van der Waals surface area contributed by atoms with Gasteiger partial charge in [-0.1, -0.05) is 19.1 Å². The molecular formula is C7H16N2OS. The molecule has 0 rings (SSSR count). The Labute approximate surface area is 73.6 Å². The zero-order valence-electron chi connectivity index (χ0n) is 7.32. The molecule has 3 nitrogen and oxygen atoms in total. The van der Waals surface area contributed by atoms with E-state index in [4.69, 9.17) is 12.2 Å². The Hall–Kier alpha value is -0.0300. The predicted octanol–water partition coefficient (Wildman–Crippen LogP) is 0.145. The van der Waals surface area contributed by atoms with Gasteiger partial charge in [0.05, 0.1) is 0 Å². The van der Waals surface area contributed by atoms with E-state index in [9.17, 15) is 5.11 Å². The molecule has 0 aliphatic carbocycles. The van der Waals surface area contributed by atoms with Crippen molar-refractivity contribution in [1.82, 2.24) is 9.80 Å². The average Bonchev–Trinajstić information content (AvgIpc) is 1.98. The van der Waals surface area contributed by atoms with Crippen LogP contribution in [0.15, 0.2) is 0 Å². The molecule has 0 aliphatic rings. The van der Waals surface area contributed by atoms with Crippen LogP contribution in [0.5, 0.6) is 0 Å². The highest BCUT2D eigenvalue weighted by atomic mass is 32.1. The van der Waals surface area contributed by atoms with E-state index in [1.807, 2.05) is 25.9 Å². The smallest absolute Gasteiger partial charge is 0.165 e. The molecule has 11 heavy (non-hydrogen) atoms. The van der Waals surface area contributed by atoms with Crippen molar-refractivity contribution in [3.05, 3.63) is 0 Å². The second kappa shape index (κ2) is 5.60. The van der Waals surface area contributed by atoms with Gasteiger partial charge in [-0.25, -0.2) is 0 Å². The summed E-state index contributed by atoms with van der Waals surface area (Å²) in [4.78, 5) is 3.61. The van der Waals surface area contributed by atoms with Crippen LogP contribution in [0.1, 0.15) is 6.92 Å². The number of rotatable bonds is 5. The van der Waals surface area contributed by atoms with E-state index in [2.05, 4.69) is 0 Å². The van der Waals surface area contributed by atoms with Crippen molar-refractivity contribution in [3.8, 4) is 0 Å². The Morgan fingerprint density at radius 1 is 1.55 bits per heavy atom. The molecule has 0 saturated heterocycles. The second-order valence-corrected chi connectivity index (χ2v) is 2.90. The molecule has 0 amide bonds. The zero-order chi connectivity index (χ0) is 8.85. The lowest BCUT2D eigenvalue weighted by Gasteiger charge is -2.29. The van der Waals surface area contributed by atoms with Crippen molar-refractivity contribution >= 4 is 17.6 Å². The third-order valence-electron chi connectivity index (χ3n) is 1.50. The number of thiocarbonyl (C=S) groups is 1. The fourth-order valence-corrected chi connectivity index (χ4v) is 1.00. The van der Waals surface area contributed by atoms with Crippen LogP contribution >= 0.6 is 12.2 Å². The topological polar surface area (TPSA) is 26.7 Å². The van der Waals surface area contributed by atoms with E-state index >= 15 is 0 Å². The molecule has 0 heterocycles. The first kappa shape index (κ1) is 11.0. The lowest BCUT2D eigenvalue weighted by Crippen LogP contribution is -2.45. The Kier molecular flexibility index (Phi) is 5.58. The summed E-state index contributed by atoms with van der Waals surface area (Å²) in [6.45, 7) is 3.43. The van der Waals surface area contributed by atoms with Gasteiger partial charge in [-0.3, -0.25) is 9.80 Å². The zero-order valence-corrected chi connectivity index (χ0v) is 8.14. The fourth-order valence-electron chi connectivity index (χ4n) is 0.809. The maximum atomic E-state index is 9.50. The first-order chi connectivity index (χ1) is 5.13. The van der Waals surface area contributed by atoms with Crippen LogP contribution in [0, 0.1) is 0 Å². The summed E-state index contributed by atoms with van der Waals surface area (Å²) in [7, 11) is 3.66. The van der Waals surface area contributed by atoms with Crippen LogP contribution in [0.3, 0.4) is 0 Å². The van der Waals surface area contributed by atoms with Gasteiger partial charge in [0.15, 0.2) is 6.35 Å². The van der Waals surface area contributed by atoms with Crippen molar-refractivity contribution in [1.29, 1.82) is 0 Å². The van der Waals surface area contributed by atoms with Crippen molar-refractivity contribution in [2.45, 2.75) is 13.3 Å². The quantitative estimate of drug-likeness (QED) is 0.476. The third-order valence-corrected chi connectivity index (χ3v) is 1.65. The van der Waals surface area contributed by atoms with E-state index in [-0.39, 0.29) is 0 Å². The van der Waals surface area contributed by atoms with Crippen LogP contribution in [-0.4, -0.2) is 53.8 Å². The molecule has 0 bridgehead atoms. The minimum atomic E-state index is -0.529. The summed E-state index contributed by atoms with van der Waals surface area (Å²) < 4.78 is 0. The molecule has 1 atom stereocenters. The lowest BCUT2D eigenvalue weighted by molar-refractivity contribution is -0.0800. The summed E-state index contributed by atoms with van der Waals surface area (Å²) in [6.07, 6.45) is -0.529. The van der Waals surface area contributed by atoms with Crippen molar-refractivity contribution in [3.63, 3.8) is 0 Å². The van der Waals surface area contributed by atoms with Gasteiger partial charge in [0.25, 0.3) is 0 Å². The number of nitrogens with zero attached hydrogens (tertiary/aromatic N) is 2. The molecular weight excluding hydrogens is 160 g/mol. The van der Waals surface area contributed by atoms with Gasteiger partial charge >= 0.3 is 0 Å². The van der Waals surface area contributed by atoms with Gasteiger partial charge in [0.1, 0.15) is 0 Å². The molecule has 0 aromatic carbocycles. The maximum Gasteiger partial charge on any atom is 0.165 e. The number of aliphatic hydroxyl groups is 1. The van der Waals surface area contributed by atoms with Gasteiger partial charge < -0.3 is 5.11 Å². The number of aliphatic hydroxyl groups excluding tert-OH is 1. The highest BCUT2D eigenvalue weighted by molar-refractivity contribution is 7.79. The molecule has 0 saturated carbocycles. The Morgan fingerprint density at radius 2 is 2.09 bits per heavy atom. The normalized spacial score (nSPS) is 14.0. The first-order valence-corrected chi connectivity index (χ1v) is 4.12. The molecule has 1 N–H and O–H groups in total. The largest absolute Gasteiger partial charge is 0.365 e. The molecule has 0 fully saturated rings. The van der Waals surface area contributed by atoms with Crippen molar-refractivity contribution in [2.24, 2.45) is 0 Å². The van der Waals surface area contributed by atoms with Gasteiger partial charge in [0, 0.05) is 6.54 Å². The number of hydrogen-bond acceptors (Lipinski definition) is 4. The van der Waals surface area contributed by atoms with Gasteiger partial charge in [0.2, 0.25) is 0 Å². The molecule has 0 aromatic rings. The second-order valence-electron chi connectivity index (χ2n) is 2.56. The van der Waals surface area contributed by atoms with E-state index < -0.39 is 6.35 Å². The summed E-state index contributed by atoms with van der Waals surface area (Å²) in [5.74, 6) is 0. The first-order valence-electron chi connectivity index (χ1n) is 3.65. The molecule has 0 aromatic heterocycles. The van der Waals surface area contributed by atoms with Crippen LogP contribution in [-0.2, 0) is 0 Å². The van der Waals surface area contributed by atoms with Gasteiger partial charge in [-0.15, -0.1) is 0 Å². The predicted molar refractivity (Wildman–Crippen MR) is 50.6 cm³/mol. The van der Waals surface area contributed by atoms with Crippen molar-refractivity contribution in [2.75, 3.05) is 27.2 Å². The SMILES string of the molecule is CCN(CC=S)C(O)N(C)C. The van der Waals surface area contributed by atoms with Crippen LogP contribution in [0.2, 0.25) is 0 Å². The lowest BCUT2D eigenvalue weighted by atomic mass is 10.5. The van der Waals surface area contributed by atoms with Crippen LogP contribution in [0.25, 0.3) is 0 Å². The van der Waals surface area contributed by atoms with Crippen LogP contribution < -0.4 is 0 Å². The Morgan fingerprint density at radius 3 is 2.36 bits per heavy atom. The minimum Gasteiger partial charge on any atom is -0.365 e. The molecule has 0 aliphatic heterocycles. The molecule has 4 heteroatoms. The third kappa shape index (κ3) is 3.76. The van der Waals surface area contributed by atoms with Gasteiger partial charge in [-0.05, 0) is 26.0 Å². The molecule has 66 valence electrons. The standard InChI is InChI=1S/C7H16N2OS/c1-4-9(5-6-11)7(10)8(2)3/h6-7,10H,4-5H2,1-3H3. The molecule has 0 spiro atoms. The van der Waals surface area contributed by atoms with E-state index in [0.29, 0.717) is 6.54 Å². The maximum absolute atomic E-state index is 9.50. The molecule has 0 radical (unpaired) electrons. The van der Waals surface area contributed by atoms with Crippen molar-refractivity contribution < 1.29 is 5.11 Å². The highest BCUT2D eigenvalue weighted by Gasteiger charge is 2.13. The van der Waals surface area contributed by atoms with Crippen LogP contribution in [0.4, 0.5) is 0 Å². The Balaban J connectivity index is 3.90. The summed E-state index contributed by atoms with van der Waals surface area (Å²) >= 11 is 4.70.